The highest BCUT2D eigenvalue weighted by molar-refractivity contribution is 5.70. The Balaban J connectivity index is 2.04. The number of nitrogens with zero attached hydrogens (tertiary/aromatic N) is 2. The zero-order valence-electron chi connectivity index (χ0n) is 11.0. The average Bonchev–Trinajstić information content (AvgIpc) is 3.20. The van der Waals surface area contributed by atoms with E-state index >= 15 is 0 Å². The summed E-state index contributed by atoms with van der Waals surface area (Å²) in [4.78, 5) is 27.1. The maximum atomic E-state index is 12.1. The smallest absolute Gasteiger partial charge is 0.308 e. The normalized spacial score (nSPS) is 16.1. The number of carboxylic acids is 1. The lowest BCUT2D eigenvalue weighted by Gasteiger charge is -2.13. The third-order valence-electron chi connectivity index (χ3n) is 3.31. The number of aromatic nitrogens is 2. The molecule has 1 saturated carbocycles. The minimum atomic E-state index is -0.840. The molecule has 2 rings (SSSR count). The molecule has 0 spiro atoms. The van der Waals surface area contributed by atoms with Crippen LogP contribution < -0.4 is 10.9 Å². The Morgan fingerprint density at radius 3 is 2.95 bits per heavy atom. The summed E-state index contributed by atoms with van der Waals surface area (Å²) >= 11 is 0. The van der Waals surface area contributed by atoms with Gasteiger partial charge in [-0.25, -0.2) is 4.98 Å². The van der Waals surface area contributed by atoms with E-state index in [0.717, 1.165) is 19.3 Å². The maximum absolute atomic E-state index is 12.1. The Morgan fingerprint density at radius 1 is 1.63 bits per heavy atom. The first kappa shape index (κ1) is 13.6. The molecule has 6 heteroatoms. The van der Waals surface area contributed by atoms with Crippen LogP contribution in [0.3, 0.4) is 0 Å². The lowest BCUT2D eigenvalue weighted by Crippen LogP contribution is -2.28. The van der Waals surface area contributed by atoms with Crippen LogP contribution in [0, 0.1) is 5.92 Å². The molecular formula is C13H19N3O3. The van der Waals surface area contributed by atoms with Crippen molar-refractivity contribution >= 4 is 11.8 Å². The molecule has 1 aliphatic rings. The van der Waals surface area contributed by atoms with Gasteiger partial charge in [-0.2, -0.15) is 0 Å². The van der Waals surface area contributed by atoms with Crippen molar-refractivity contribution in [3.05, 3.63) is 22.7 Å². The summed E-state index contributed by atoms with van der Waals surface area (Å²) < 4.78 is 1.67. The highest BCUT2D eigenvalue weighted by Gasteiger charge is 2.25. The Labute approximate surface area is 111 Å². The number of rotatable bonds is 7. The van der Waals surface area contributed by atoms with Crippen LogP contribution in [0.5, 0.6) is 0 Å². The first-order valence-corrected chi connectivity index (χ1v) is 6.67. The number of carbonyl (C=O) groups is 1. The fourth-order valence-corrected chi connectivity index (χ4v) is 2.07. The Hall–Kier alpha value is -1.85. The average molecular weight is 265 g/mol. The van der Waals surface area contributed by atoms with E-state index in [1.165, 1.54) is 0 Å². The van der Waals surface area contributed by atoms with Crippen molar-refractivity contribution < 1.29 is 9.90 Å². The SMILES string of the molecule is CCCC(CNc1nccn(C2CC2)c1=O)C(=O)O. The molecule has 1 atom stereocenters. The summed E-state index contributed by atoms with van der Waals surface area (Å²) in [5, 5.41) is 11.9. The van der Waals surface area contributed by atoms with Crippen LogP contribution in [0.25, 0.3) is 0 Å². The lowest BCUT2D eigenvalue weighted by molar-refractivity contribution is -0.141. The van der Waals surface area contributed by atoms with Gasteiger partial charge < -0.3 is 15.0 Å². The zero-order chi connectivity index (χ0) is 13.8. The molecule has 0 amide bonds. The van der Waals surface area contributed by atoms with Crippen LogP contribution in [-0.2, 0) is 4.79 Å². The Kier molecular flexibility index (Phi) is 4.19. The molecular weight excluding hydrogens is 246 g/mol. The molecule has 1 aromatic heterocycles. The quantitative estimate of drug-likeness (QED) is 0.780. The zero-order valence-corrected chi connectivity index (χ0v) is 11.0. The summed E-state index contributed by atoms with van der Waals surface area (Å²) in [6, 6.07) is 0.293. The van der Waals surface area contributed by atoms with Gasteiger partial charge >= 0.3 is 5.97 Å². The van der Waals surface area contributed by atoms with Gasteiger partial charge in [0.1, 0.15) is 0 Å². The predicted molar refractivity (Wildman–Crippen MR) is 71.3 cm³/mol. The highest BCUT2D eigenvalue weighted by atomic mass is 16.4. The second-order valence-corrected chi connectivity index (χ2v) is 4.92. The standard InChI is InChI=1S/C13H19N3O3/c1-2-3-9(13(18)19)8-15-11-12(17)16(7-6-14-11)10-4-5-10/h6-7,9-10H,2-5,8H2,1H3,(H,14,15)(H,18,19). The van der Waals surface area contributed by atoms with Gasteiger partial charge in [-0.3, -0.25) is 9.59 Å². The van der Waals surface area contributed by atoms with Crippen LogP contribution in [0.4, 0.5) is 5.82 Å². The number of carboxylic acid groups (broad SMARTS) is 1. The minimum Gasteiger partial charge on any atom is -0.481 e. The lowest BCUT2D eigenvalue weighted by atomic mass is 10.0. The van der Waals surface area contributed by atoms with Crippen molar-refractivity contribution in [1.82, 2.24) is 9.55 Å². The molecule has 19 heavy (non-hydrogen) atoms. The minimum absolute atomic E-state index is 0.161. The second kappa shape index (κ2) is 5.86. The van der Waals surface area contributed by atoms with Gasteiger partial charge in [0.2, 0.25) is 0 Å². The van der Waals surface area contributed by atoms with Gasteiger partial charge in [-0.15, -0.1) is 0 Å². The number of hydrogen-bond donors (Lipinski definition) is 2. The summed E-state index contributed by atoms with van der Waals surface area (Å²) in [5.41, 5.74) is -0.161. The van der Waals surface area contributed by atoms with E-state index in [-0.39, 0.29) is 17.9 Å². The van der Waals surface area contributed by atoms with Crippen LogP contribution in [0.2, 0.25) is 0 Å². The Bertz CT molecular complexity index is 508. The van der Waals surface area contributed by atoms with E-state index in [0.29, 0.717) is 12.5 Å². The van der Waals surface area contributed by atoms with Gasteiger partial charge in [0.05, 0.1) is 5.92 Å². The molecule has 1 unspecified atom stereocenters. The second-order valence-electron chi connectivity index (χ2n) is 4.92. The Morgan fingerprint density at radius 2 is 2.37 bits per heavy atom. The van der Waals surface area contributed by atoms with E-state index in [1.54, 1.807) is 17.0 Å². The number of nitrogens with one attached hydrogen (secondary N) is 1. The van der Waals surface area contributed by atoms with E-state index in [2.05, 4.69) is 10.3 Å². The van der Waals surface area contributed by atoms with Gasteiger partial charge in [0.15, 0.2) is 5.82 Å². The van der Waals surface area contributed by atoms with Crippen molar-refractivity contribution in [2.45, 2.75) is 38.6 Å². The summed E-state index contributed by atoms with van der Waals surface area (Å²) in [5.74, 6) is -1.08. The summed E-state index contributed by atoms with van der Waals surface area (Å²) in [7, 11) is 0. The third-order valence-corrected chi connectivity index (χ3v) is 3.31. The fourth-order valence-electron chi connectivity index (χ4n) is 2.07. The molecule has 0 saturated heterocycles. The van der Waals surface area contributed by atoms with Gasteiger partial charge in [0, 0.05) is 25.0 Å². The van der Waals surface area contributed by atoms with E-state index in [9.17, 15) is 9.59 Å². The molecule has 0 bridgehead atoms. The number of aliphatic carboxylic acids is 1. The van der Waals surface area contributed by atoms with Crippen LogP contribution >= 0.6 is 0 Å². The molecule has 2 N–H and O–H groups in total. The molecule has 1 heterocycles. The third kappa shape index (κ3) is 3.33. The molecule has 6 nitrogen and oxygen atoms in total. The van der Waals surface area contributed by atoms with Crippen molar-refractivity contribution in [2.75, 3.05) is 11.9 Å². The summed E-state index contributed by atoms with van der Waals surface area (Å²) in [6.07, 6.45) is 6.70. The largest absolute Gasteiger partial charge is 0.481 e. The van der Waals surface area contributed by atoms with Crippen LogP contribution in [0.15, 0.2) is 17.2 Å². The molecule has 1 aromatic rings. The topological polar surface area (TPSA) is 84.2 Å². The van der Waals surface area contributed by atoms with Crippen LogP contribution in [-0.4, -0.2) is 27.2 Å². The molecule has 104 valence electrons. The number of anilines is 1. The molecule has 0 radical (unpaired) electrons. The first-order valence-electron chi connectivity index (χ1n) is 6.67. The number of hydrogen-bond acceptors (Lipinski definition) is 4. The van der Waals surface area contributed by atoms with Crippen molar-refractivity contribution in [3.63, 3.8) is 0 Å². The van der Waals surface area contributed by atoms with E-state index in [1.807, 2.05) is 6.92 Å². The molecule has 0 aliphatic heterocycles. The molecule has 0 aromatic carbocycles. The van der Waals surface area contributed by atoms with Crippen molar-refractivity contribution in [2.24, 2.45) is 5.92 Å². The van der Waals surface area contributed by atoms with Crippen molar-refractivity contribution in [3.8, 4) is 0 Å². The fraction of sp³-hybridized carbons (Fsp3) is 0.615. The van der Waals surface area contributed by atoms with Crippen molar-refractivity contribution in [1.29, 1.82) is 0 Å². The molecule has 1 fully saturated rings. The van der Waals surface area contributed by atoms with Crippen LogP contribution in [0.1, 0.15) is 38.6 Å². The summed E-state index contributed by atoms with van der Waals surface area (Å²) in [6.45, 7) is 2.18. The van der Waals surface area contributed by atoms with Gasteiger partial charge in [-0.1, -0.05) is 13.3 Å². The first-order chi connectivity index (χ1) is 9.13. The van der Waals surface area contributed by atoms with E-state index in [4.69, 9.17) is 5.11 Å². The highest BCUT2D eigenvalue weighted by Crippen LogP contribution is 2.33. The van der Waals surface area contributed by atoms with E-state index < -0.39 is 11.9 Å². The molecule has 1 aliphatic carbocycles. The van der Waals surface area contributed by atoms with Gasteiger partial charge in [-0.05, 0) is 19.3 Å². The predicted octanol–water partition coefficient (Wildman–Crippen LogP) is 1.49. The maximum Gasteiger partial charge on any atom is 0.308 e. The van der Waals surface area contributed by atoms with Gasteiger partial charge in [0.25, 0.3) is 5.56 Å². The monoisotopic (exact) mass is 265 g/mol.